The van der Waals surface area contributed by atoms with Gasteiger partial charge in [-0.15, -0.1) is 11.3 Å². The van der Waals surface area contributed by atoms with Crippen LogP contribution in [0.1, 0.15) is 39.3 Å². The minimum absolute atomic E-state index is 0.0205. The number of halogens is 1. The lowest BCUT2D eigenvalue weighted by molar-refractivity contribution is 0.0951. The van der Waals surface area contributed by atoms with Crippen molar-refractivity contribution in [1.82, 2.24) is 25.0 Å². The van der Waals surface area contributed by atoms with Crippen molar-refractivity contribution in [2.45, 2.75) is 25.8 Å². The molecule has 1 aliphatic carbocycles. The molecule has 0 bridgehead atoms. The highest BCUT2D eigenvalue weighted by molar-refractivity contribution is 7.18. The average Bonchev–Trinajstić information content (AvgIpc) is 3.07. The number of thiazole rings is 1. The molecule has 6 rings (SSSR count). The van der Waals surface area contributed by atoms with Gasteiger partial charge in [-0.25, -0.2) is 9.37 Å². The highest BCUT2D eigenvalue weighted by Gasteiger charge is 2.27. The quantitative estimate of drug-likeness (QED) is 0.444. The van der Waals surface area contributed by atoms with Gasteiger partial charge in [0, 0.05) is 43.4 Å². The highest BCUT2D eigenvalue weighted by Crippen LogP contribution is 2.34. The van der Waals surface area contributed by atoms with Gasteiger partial charge in [-0.3, -0.25) is 19.0 Å². The van der Waals surface area contributed by atoms with E-state index in [1.807, 2.05) is 21.4 Å². The number of carbonyl (C=O) groups excluding carboxylic acids is 1. The van der Waals surface area contributed by atoms with Crippen LogP contribution in [0.15, 0.2) is 41.5 Å². The number of hydrogen-bond donors (Lipinski definition) is 2. The largest absolute Gasteiger partial charge is 0.353 e. The molecule has 1 aliphatic heterocycles. The molecule has 1 saturated heterocycles. The summed E-state index contributed by atoms with van der Waals surface area (Å²) in [6.45, 7) is 3.15. The van der Waals surface area contributed by atoms with E-state index < -0.39 is 17.2 Å². The van der Waals surface area contributed by atoms with Crippen molar-refractivity contribution in [3.8, 4) is 0 Å². The lowest BCUT2D eigenvalue weighted by Crippen LogP contribution is -2.31. The number of rotatable bonds is 4. The number of amides is 1. The Kier molecular flexibility index (Phi) is 5.98. The van der Waals surface area contributed by atoms with Gasteiger partial charge in [0.1, 0.15) is 10.4 Å². The van der Waals surface area contributed by atoms with Crippen LogP contribution in [-0.4, -0.2) is 46.5 Å². The molecule has 0 saturated carbocycles. The molecular formula is C26H25FN6O2S. The fourth-order valence-corrected chi connectivity index (χ4v) is 6.15. The third-order valence-electron chi connectivity index (χ3n) is 6.64. The monoisotopic (exact) mass is 504 g/mol. The number of aryl methyl sites for hydroxylation is 1. The Balaban J connectivity index is 1.54. The molecule has 0 radical (unpaired) electrons. The summed E-state index contributed by atoms with van der Waals surface area (Å²) in [4.78, 5) is 39.4. The fraction of sp³-hybridized carbons (Fsp3) is 0.308. The second-order valence-electron chi connectivity index (χ2n) is 9.00. The topological polar surface area (TPSA) is 91.6 Å². The second-order valence-corrected chi connectivity index (χ2v) is 10.1. The maximum atomic E-state index is 15.4. The van der Waals surface area contributed by atoms with Crippen LogP contribution >= 0.6 is 11.3 Å². The van der Waals surface area contributed by atoms with Crippen LogP contribution in [0, 0.1) is 5.82 Å². The zero-order valence-corrected chi connectivity index (χ0v) is 20.4. The van der Waals surface area contributed by atoms with Gasteiger partial charge in [-0.05, 0) is 49.6 Å². The molecule has 10 heteroatoms. The number of pyridine rings is 3. The summed E-state index contributed by atoms with van der Waals surface area (Å²) in [6, 6.07) is 4.89. The van der Waals surface area contributed by atoms with Gasteiger partial charge >= 0.3 is 0 Å². The smallest absolute Gasteiger partial charge is 0.258 e. The molecule has 2 N–H and O–H groups in total. The third-order valence-corrected chi connectivity index (χ3v) is 7.88. The minimum atomic E-state index is -0.553. The molecule has 5 heterocycles. The molecule has 4 aromatic rings. The summed E-state index contributed by atoms with van der Waals surface area (Å²) >= 11 is 1.44. The first-order valence-corrected chi connectivity index (χ1v) is 12.9. The van der Waals surface area contributed by atoms with Crippen molar-refractivity contribution < 1.29 is 9.18 Å². The van der Waals surface area contributed by atoms with E-state index in [-0.39, 0.29) is 23.3 Å². The molecule has 4 aromatic heterocycles. The van der Waals surface area contributed by atoms with Gasteiger partial charge < -0.3 is 15.5 Å². The lowest BCUT2D eigenvalue weighted by Gasteiger charge is -2.22. The Morgan fingerprint density at radius 2 is 2.19 bits per heavy atom. The lowest BCUT2D eigenvalue weighted by atomic mass is 10.1. The number of nitrogens with one attached hydrogen (secondary N) is 2. The number of carbonyl (C=O) groups is 1. The van der Waals surface area contributed by atoms with Crippen molar-refractivity contribution in [3.63, 3.8) is 0 Å². The van der Waals surface area contributed by atoms with E-state index >= 15 is 4.39 Å². The molecular weight excluding hydrogens is 479 g/mol. The van der Waals surface area contributed by atoms with Crippen LogP contribution in [0.3, 0.4) is 0 Å². The maximum Gasteiger partial charge on any atom is 0.258 e. The predicted octanol–water partition coefficient (Wildman–Crippen LogP) is 3.13. The highest BCUT2D eigenvalue weighted by atomic mass is 32.1. The standard InChI is InChI=1S/C26H25FN6O2S/c27-18-13-17-22(34)21(25(35)30-15-16-5-3-8-29-14-16)26-33(19-6-1-2-7-20(19)36-26)23(17)31-24(18)32-11-4-9-28-10-12-32/h1,3,5-6,8,13-14,28H,2,4,7,9-12,15H2,(H,30,35). The summed E-state index contributed by atoms with van der Waals surface area (Å²) in [6.07, 6.45) is 9.98. The normalized spacial score (nSPS) is 15.8. The molecule has 8 nitrogen and oxygen atoms in total. The van der Waals surface area contributed by atoms with E-state index in [1.54, 1.807) is 18.5 Å². The van der Waals surface area contributed by atoms with Gasteiger partial charge in [0.2, 0.25) is 5.43 Å². The summed E-state index contributed by atoms with van der Waals surface area (Å²) in [7, 11) is 0. The Labute approximate surface area is 210 Å². The van der Waals surface area contributed by atoms with E-state index in [2.05, 4.69) is 21.7 Å². The predicted molar refractivity (Wildman–Crippen MR) is 139 cm³/mol. The number of nitrogens with zero attached hydrogens (tertiary/aromatic N) is 4. The number of fused-ring (bicyclic) bond motifs is 5. The third kappa shape index (κ3) is 3.96. The van der Waals surface area contributed by atoms with Crippen LogP contribution in [0.4, 0.5) is 10.2 Å². The van der Waals surface area contributed by atoms with Crippen LogP contribution in [0.25, 0.3) is 21.9 Å². The Bertz CT molecular complexity index is 1550. The van der Waals surface area contributed by atoms with Gasteiger partial charge in [0.15, 0.2) is 17.3 Å². The zero-order valence-electron chi connectivity index (χ0n) is 19.6. The zero-order chi connectivity index (χ0) is 24.6. The minimum Gasteiger partial charge on any atom is -0.353 e. The number of anilines is 1. The molecule has 36 heavy (non-hydrogen) atoms. The Morgan fingerprint density at radius 3 is 3.06 bits per heavy atom. The van der Waals surface area contributed by atoms with Gasteiger partial charge in [-0.1, -0.05) is 12.1 Å². The summed E-state index contributed by atoms with van der Waals surface area (Å²) in [5.41, 5.74) is 1.62. The molecule has 0 spiro atoms. The van der Waals surface area contributed by atoms with Crippen molar-refractivity contribution in [2.75, 3.05) is 31.1 Å². The first kappa shape index (κ1) is 22.8. The van der Waals surface area contributed by atoms with Crippen LogP contribution < -0.4 is 21.0 Å². The SMILES string of the molecule is O=C(NCc1cccnc1)c1c(=O)c2cc(F)c(N3CCCNCC3)nc2n2c3c(sc12)CCC=C3. The first-order chi connectivity index (χ1) is 17.6. The molecule has 1 fully saturated rings. The van der Waals surface area contributed by atoms with Gasteiger partial charge in [0.25, 0.3) is 5.91 Å². The molecule has 0 unspecified atom stereocenters. The van der Waals surface area contributed by atoms with E-state index in [0.717, 1.165) is 48.5 Å². The Hall–Kier alpha value is -3.63. The first-order valence-electron chi connectivity index (χ1n) is 12.1. The molecule has 184 valence electrons. The summed E-state index contributed by atoms with van der Waals surface area (Å²) in [5, 5.41) is 6.27. The fourth-order valence-electron chi connectivity index (χ4n) is 4.87. The van der Waals surface area contributed by atoms with Gasteiger partial charge in [0.05, 0.1) is 11.1 Å². The average molecular weight is 505 g/mol. The van der Waals surface area contributed by atoms with Crippen molar-refractivity contribution >= 4 is 45.0 Å². The van der Waals surface area contributed by atoms with E-state index in [1.165, 1.54) is 17.4 Å². The summed E-state index contributed by atoms with van der Waals surface area (Å²) in [5.74, 6) is -0.801. The number of aromatic nitrogens is 3. The van der Waals surface area contributed by atoms with E-state index in [4.69, 9.17) is 4.98 Å². The van der Waals surface area contributed by atoms with E-state index in [0.29, 0.717) is 23.6 Å². The van der Waals surface area contributed by atoms with Crippen molar-refractivity contribution in [2.24, 2.45) is 0 Å². The summed E-state index contributed by atoms with van der Waals surface area (Å²) < 4.78 is 17.3. The molecule has 0 aromatic carbocycles. The maximum absolute atomic E-state index is 15.4. The van der Waals surface area contributed by atoms with Crippen LogP contribution in [0.5, 0.6) is 0 Å². The number of hydrogen-bond acceptors (Lipinski definition) is 7. The Morgan fingerprint density at radius 1 is 1.28 bits per heavy atom. The van der Waals surface area contributed by atoms with Crippen LogP contribution in [-0.2, 0) is 13.0 Å². The number of allylic oxidation sites excluding steroid dienone is 1. The molecule has 0 atom stereocenters. The van der Waals surface area contributed by atoms with Crippen molar-refractivity contribution in [1.29, 1.82) is 0 Å². The van der Waals surface area contributed by atoms with Gasteiger partial charge in [-0.2, -0.15) is 0 Å². The second kappa shape index (κ2) is 9.44. The molecule has 2 aliphatic rings. The molecule has 1 amide bonds. The van der Waals surface area contributed by atoms with Crippen LogP contribution in [0.2, 0.25) is 0 Å². The van der Waals surface area contributed by atoms with E-state index in [9.17, 15) is 9.59 Å². The van der Waals surface area contributed by atoms with Crippen molar-refractivity contribution in [3.05, 3.63) is 74.4 Å².